The molecule has 0 saturated carbocycles. The Labute approximate surface area is 87.5 Å². The van der Waals surface area contributed by atoms with Gasteiger partial charge in [-0.15, -0.1) is 0 Å². The van der Waals surface area contributed by atoms with Crippen LogP contribution >= 0.6 is 0 Å². The van der Waals surface area contributed by atoms with E-state index in [1.165, 1.54) is 19.3 Å². The van der Waals surface area contributed by atoms with Gasteiger partial charge in [0, 0.05) is 13.2 Å². The van der Waals surface area contributed by atoms with Gasteiger partial charge in [-0.2, -0.15) is 0 Å². The van der Waals surface area contributed by atoms with Crippen molar-refractivity contribution in [1.82, 2.24) is 0 Å². The fourth-order valence-electron chi connectivity index (χ4n) is 1.29. The third kappa shape index (κ3) is 2.41. The predicted octanol–water partition coefficient (Wildman–Crippen LogP) is 0.0757. The smallest absolute Gasteiger partial charge is 0.363 e. The van der Waals surface area contributed by atoms with Gasteiger partial charge in [-0.25, -0.2) is 0 Å². The minimum absolute atomic E-state index is 0.128. The highest BCUT2D eigenvalue weighted by Gasteiger charge is 2.48. The number of allylic oxidation sites excluding steroid dienone is 2. The summed E-state index contributed by atoms with van der Waals surface area (Å²) >= 11 is 0. The maximum Gasteiger partial charge on any atom is 0.363 e. The Morgan fingerprint density at radius 3 is 2.80 bits per heavy atom. The Morgan fingerprint density at radius 2 is 2.27 bits per heavy atom. The van der Waals surface area contributed by atoms with Gasteiger partial charge >= 0.3 is 5.72 Å². The first-order valence-corrected chi connectivity index (χ1v) is 4.52. The molecule has 1 aliphatic rings. The lowest BCUT2D eigenvalue weighted by Gasteiger charge is -2.27. The highest BCUT2D eigenvalue weighted by Crippen LogP contribution is 2.22. The van der Waals surface area contributed by atoms with Gasteiger partial charge in [-0.05, 0) is 0 Å². The van der Waals surface area contributed by atoms with Crippen LogP contribution in [0.2, 0.25) is 0 Å². The fraction of sp³-hybridized carbons (Fsp3) is 0.556. The summed E-state index contributed by atoms with van der Waals surface area (Å²) in [4.78, 5) is 10.4. The molecule has 0 aromatic carbocycles. The van der Waals surface area contributed by atoms with Gasteiger partial charge in [0.05, 0.1) is 18.1 Å². The molecule has 0 radical (unpaired) electrons. The first kappa shape index (κ1) is 11.8. The zero-order chi connectivity index (χ0) is 11.3. The second-order valence-corrected chi connectivity index (χ2v) is 3.12. The Kier molecular flexibility index (Phi) is 3.96. The molecule has 0 fully saturated rings. The van der Waals surface area contributed by atoms with E-state index in [-0.39, 0.29) is 6.61 Å². The van der Waals surface area contributed by atoms with Crippen LogP contribution in [0, 0.1) is 10.1 Å². The largest absolute Gasteiger partial charge is 0.382 e. The van der Waals surface area contributed by atoms with E-state index in [1.54, 1.807) is 12.2 Å². The molecule has 2 atom stereocenters. The lowest BCUT2D eigenvalue weighted by atomic mass is 10.00. The number of nitrogens with two attached hydrogens (primary N) is 1. The Balaban J connectivity index is 2.75. The second kappa shape index (κ2) is 5.01. The average molecular weight is 214 g/mol. The van der Waals surface area contributed by atoms with Gasteiger partial charge in [0.15, 0.2) is 0 Å². The molecule has 15 heavy (non-hydrogen) atoms. The molecule has 0 saturated heterocycles. The van der Waals surface area contributed by atoms with Crippen LogP contribution in [0.4, 0.5) is 0 Å². The fourth-order valence-corrected chi connectivity index (χ4v) is 1.29. The minimum Gasteiger partial charge on any atom is -0.382 e. The van der Waals surface area contributed by atoms with Crippen LogP contribution in [0.25, 0.3) is 0 Å². The molecule has 0 bridgehead atoms. The maximum atomic E-state index is 11.0. The number of rotatable bonds is 5. The number of methoxy groups -OCH3 is 1. The average Bonchev–Trinajstić information content (AvgIpc) is 2.21. The summed E-state index contributed by atoms with van der Waals surface area (Å²) in [6.45, 7) is 0.420. The van der Waals surface area contributed by atoms with Crippen LogP contribution in [0.5, 0.6) is 0 Å². The molecular formula is C9H14N2O4. The van der Waals surface area contributed by atoms with Crippen LogP contribution < -0.4 is 5.73 Å². The first-order chi connectivity index (χ1) is 7.13. The molecule has 84 valence electrons. The highest BCUT2D eigenvalue weighted by molar-refractivity contribution is 5.21. The van der Waals surface area contributed by atoms with Crippen molar-refractivity contribution in [3.63, 3.8) is 0 Å². The van der Waals surface area contributed by atoms with E-state index in [4.69, 9.17) is 15.2 Å². The summed E-state index contributed by atoms with van der Waals surface area (Å²) in [5.41, 5.74) is 3.99. The Morgan fingerprint density at radius 1 is 1.53 bits per heavy atom. The topological polar surface area (TPSA) is 87.6 Å². The van der Waals surface area contributed by atoms with Crippen LogP contribution in [0.1, 0.15) is 0 Å². The summed E-state index contributed by atoms with van der Waals surface area (Å²) in [5.74, 6) is 0. The standard InChI is InChI=1S/C9H14N2O4/c1-14-6-7-15-9(11(12)13)5-3-2-4-8(9)10/h2-5,8H,6-7,10H2,1H3. The number of nitro groups is 1. The van der Waals surface area contributed by atoms with E-state index < -0.39 is 16.7 Å². The predicted molar refractivity (Wildman–Crippen MR) is 53.8 cm³/mol. The molecule has 0 heterocycles. The SMILES string of the molecule is COCCOC1([N+](=O)[O-])C=CC=CC1N. The molecule has 0 spiro atoms. The van der Waals surface area contributed by atoms with Gasteiger partial charge in [-0.3, -0.25) is 10.1 Å². The molecular weight excluding hydrogens is 200 g/mol. The van der Waals surface area contributed by atoms with E-state index in [1.807, 2.05) is 0 Å². The van der Waals surface area contributed by atoms with Crippen molar-refractivity contribution in [1.29, 1.82) is 0 Å². The van der Waals surface area contributed by atoms with E-state index in [0.29, 0.717) is 6.61 Å². The molecule has 6 nitrogen and oxygen atoms in total. The highest BCUT2D eigenvalue weighted by atomic mass is 16.7. The normalized spacial score (nSPS) is 29.3. The number of hydrogen-bond donors (Lipinski definition) is 1. The second-order valence-electron chi connectivity index (χ2n) is 3.12. The number of hydrogen-bond acceptors (Lipinski definition) is 5. The van der Waals surface area contributed by atoms with E-state index in [2.05, 4.69) is 0 Å². The zero-order valence-electron chi connectivity index (χ0n) is 8.46. The minimum atomic E-state index is -1.66. The molecule has 0 aromatic rings. The molecule has 6 heteroatoms. The summed E-state index contributed by atoms with van der Waals surface area (Å²) in [7, 11) is 1.50. The quantitative estimate of drug-likeness (QED) is 0.303. The lowest BCUT2D eigenvalue weighted by Crippen LogP contribution is -2.54. The van der Waals surface area contributed by atoms with Crippen molar-refractivity contribution in [3.8, 4) is 0 Å². The van der Waals surface area contributed by atoms with Crippen molar-refractivity contribution in [2.24, 2.45) is 5.73 Å². The van der Waals surface area contributed by atoms with Gasteiger partial charge in [0.25, 0.3) is 0 Å². The molecule has 0 amide bonds. The zero-order valence-corrected chi connectivity index (χ0v) is 8.46. The monoisotopic (exact) mass is 214 g/mol. The van der Waals surface area contributed by atoms with E-state index >= 15 is 0 Å². The van der Waals surface area contributed by atoms with Gasteiger partial charge in [0.2, 0.25) is 0 Å². The van der Waals surface area contributed by atoms with Crippen LogP contribution in [-0.2, 0) is 9.47 Å². The van der Waals surface area contributed by atoms with Crippen molar-refractivity contribution in [2.75, 3.05) is 20.3 Å². The molecule has 0 aromatic heterocycles. The summed E-state index contributed by atoms with van der Waals surface area (Å²) < 4.78 is 9.96. The summed E-state index contributed by atoms with van der Waals surface area (Å²) in [6.07, 6.45) is 6.11. The summed E-state index contributed by atoms with van der Waals surface area (Å²) in [6, 6.07) is -0.783. The third-order valence-electron chi connectivity index (χ3n) is 2.15. The number of ether oxygens (including phenoxy) is 2. The van der Waals surface area contributed by atoms with Gasteiger partial charge < -0.3 is 15.2 Å². The summed E-state index contributed by atoms with van der Waals surface area (Å²) in [5, 5.41) is 11.0. The van der Waals surface area contributed by atoms with Gasteiger partial charge in [0.1, 0.15) is 6.04 Å². The third-order valence-corrected chi connectivity index (χ3v) is 2.15. The molecule has 1 rings (SSSR count). The lowest BCUT2D eigenvalue weighted by molar-refractivity contribution is -0.615. The van der Waals surface area contributed by atoms with E-state index in [0.717, 1.165) is 0 Å². The van der Waals surface area contributed by atoms with Crippen molar-refractivity contribution >= 4 is 0 Å². The van der Waals surface area contributed by atoms with Crippen molar-refractivity contribution in [3.05, 3.63) is 34.4 Å². The molecule has 2 unspecified atom stereocenters. The van der Waals surface area contributed by atoms with E-state index in [9.17, 15) is 10.1 Å². The van der Waals surface area contributed by atoms with Gasteiger partial charge in [-0.1, -0.05) is 18.2 Å². The van der Waals surface area contributed by atoms with Crippen molar-refractivity contribution in [2.45, 2.75) is 11.8 Å². The Bertz CT molecular complexity index is 290. The van der Waals surface area contributed by atoms with Crippen molar-refractivity contribution < 1.29 is 14.4 Å². The molecule has 2 N–H and O–H groups in total. The number of nitrogens with zero attached hydrogens (tertiary/aromatic N) is 1. The molecule has 1 aliphatic carbocycles. The maximum absolute atomic E-state index is 11.0. The Hall–Kier alpha value is -1.24. The molecule has 0 aliphatic heterocycles. The van der Waals surface area contributed by atoms with Crippen LogP contribution in [0.3, 0.4) is 0 Å². The van der Waals surface area contributed by atoms with Crippen LogP contribution in [0.15, 0.2) is 24.3 Å². The van der Waals surface area contributed by atoms with Crippen LogP contribution in [-0.4, -0.2) is 37.0 Å². The first-order valence-electron chi connectivity index (χ1n) is 4.52.